The van der Waals surface area contributed by atoms with E-state index in [1.807, 2.05) is 13.0 Å². The molecule has 0 fully saturated rings. The Morgan fingerprint density at radius 2 is 1.69 bits per heavy atom. The second kappa shape index (κ2) is 10.1. The minimum Gasteiger partial charge on any atom is -0.404 e. The van der Waals surface area contributed by atoms with Crippen molar-refractivity contribution >= 4 is 29.6 Å². The number of rotatable bonds is 11. The molecule has 156 valence electrons. The maximum atomic E-state index is 13.5. The monoisotopic (exact) mass is 419 g/mol. The third-order valence-electron chi connectivity index (χ3n) is 4.46. The zero-order valence-electron chi connectivity index (χ0n) is 16.9. The molecule has 1 aromatic heterocycles. The van der Waals surface area contributed by atoms with Gasteiger partial charge in [0.05, 0.1) is 24.2 Å². The molecule has 0 aliphatic carbocycles. The number of nitrogens with zero attached hydrogens (tertiary/aromatic N) is 1. The molecule has 1 atom stereocenters. The van der Waals surface area contributed by atoms with E-state index < -0.39 is 7.82 Å². The molecular formula is C22H27FNO4P. The summed E-state index contributed by atoms with van der Waals surface area (Å²) in [6.45, 7) is 4.67. The molecular weight excluding hydrogens is 392 g/mol. The lowest BCUT2D eigenvalue weighted by molar-refractivity contribution is 0.153. The van der Waals surface area contributed by atoms with Crippen LogP contribution in [0.1, 0.15) is 46.0 Å². The lowest BCUT2D eigenvalue weighted by Gasteiger charge is -2.18. The molecule has 0 bridgehead atoms. The van der Waals surface area contributed by atoms with Crippen molar-refractivity contribution in [1.82, 2.24) is 4.98 Å². The highest BCUT2D eigenvalue weighted by Crippen LogP contribution is 2.50. The van der Waals surface area contributed by atoms with Crippen molar-refractivity contribution in [1.29, 1.82) is 0 Å². The van der Waals surface area contributed by atoms with Crippen molar-refractivity contribution in [3.8, 4) is 5.75 Å². The van der Waals surface area contributed by atoms with Crippen LogP contribution in [0.5, 0.6) is 5.75 Å². The van der Waals surface area contributed by atoms with Gasteiger partial charge in [-0.15, -0.1) is 0 Å². The zero-order valence-corrected chi connectivity index (χ0v) is 17.8. The Morgan fingerprint density at radius 3 is 2.48 bits per heavy atom. The fourth-order valence-corrected chi connectivity index (χ4v) is 4.28. The predicted octanol–water partition coefficient (Wildman–Crippen LogP) is 7.04. The van der Waals surface area contributed by atoms with E-state index in [0.717, 1.165) is 36.5 Å². The normalized spacial score (nSPS) is 13.6. The molecule has 0 aliphatic heterocycles. The fraction of sp³-hybridized carbons (Fsp3) is 0.409. The summed E-state index contributed by atoms with van der Waals surface area (Å²) < 4.78 is 43.1. The first kappa shape index (κ1) is 21.7. The molecule has 0 amide bonds. The van der Waals surface area contributed by atoms with Gasteiger partial charge >= 0.3 is 7.82 Å². The molecule has 0 spiro atoms. The largest absolute Gasteiger partial charge is 0.530 e. The average molecular weight is 419 g/mol. The Morgan fingerprint density at radius 1 is 0.862 bits per heavy atom. The highest BCUT2D eigenvalue weighted by Gasteiger charge is 2.28. The van der Waals surface area contributed by atoms with Gasteiger partial charge in [-0.2, -0.15) is 0 Å². The van der Waals surface area contributed by atoms with Crippen LogP contribution in [-0.4, -0.2) is 18.2 Å². The van der Waals surface area contributed by atoms with Crippen molar-refractivity contribution < 1.29 is 22.5 Å². The Bertz CT molecular complexity index is 1010. The minimum atomic E-state index is -3.72. The predicted molar refractivity (Wildman–Crippen MR) is 114 cm³/mol. The van der Waals surface area contributed by atoms with Crippen LogP contribution in [0, 0.1) is 5.82 Å². The molecule has 0 N–H and O–H groups in total. The van der Waals surface area contributed by atoms with Crippen molar-refractivity contribution in [2.45, 2.75) is 46.0 Å². The first-order chi connectivity index (χ1) is 14.0. The van der Waals surface area contributed by atoms with Gasteiger partial charge in [0, 0.05) is 16.8 Å². The maximum Gasteiger partial charge on any atom is 0.530 e. The van der Waals surface area contributed by atoms with Gasteiger partial charge in [-0.1, -0.05) is 33.1 Å². The number of fused-ring (bicyclic) bond motifs is 2. The molecule has 1 unspecified atom stereocenters. The molecule has 29 heavy (non-hydrogen) atoms. The molecule has 0 saturated carbocycles. The van der Waals surface area contributed by atoms with Gasteiger partial charge in [-0.25, -0.2) is 13.9 Å². The molecule has 7 heteroatoms. The Labute approximate surface area is 170 Å². The van der Waals surface area contributed by atoms with Gasteiger partial charge in [0.2, 0.25) is 0 Å². The molecule has 3 rings (SSSR count). The van der Waals surface area contributed by atoms with E-state index in [4.69, 9.17) is 13.6 Å². The third-order valence-corrected chi connectivity index (χ3v) is 5.89. The van der Waals surface area contributed by atoms with Gasteiger partial charge in [0.25, 0.3) is 0 Å². The van der Waals surface area contributed by atoms with Crippen LogP contribution < -0.4 is 4.52 Å². The zero-order chi connectivity index (χ0) is 20.7. The third kappa shape index (κ3) is 5.99. The summed E-state index contributed by atoms with van der Waals surface area (Å²) in [6, 6.07) is 11.5. The van der Waals surface area contributed by atoms with Crippen LogP contribution in [-0.2, 0) is 13.6 Å². The lowest BCUT2D eigenvalue weighted by Crippen LogP contribution is -2.05. The van der Waals surface area contributed by atoms with Gasteiger partial charge in [0.15, 0.2) is 0 Å². The molecule has 3 aromatic rings. The van der Waals surface area contributed by atoms with E-state index in [0.29, 0.717) is 29.8 Å². The van der Waals surface area contributed by atoms with Crippen LogP contribution in [0.4, 0.5) is 4.39 Å². The van der Waals surface area contributed by atoms with E-state index in [2.05, 4.69) is 11.9 Å². The summed E-state index contributed by atoms with van der Waals surface area (Å²) in [5, 5.41) is 1.55. The van der Waals surface area contributed by atoms with Crippen LogP contribution >= 0.6 is 7.82 Å². The van der Waals surface area contributed by atoms with E-state index in [1.54, 1.807) is 24.3 Å². The van der Waals surface area contributed by atoms with E-state index >= 15 is 0 Å². The van der Waals surface area contributed by atoms with Crippen molar-refractivity contribution in [2.24, 2.45) is 0 Å². The summed E-state index contributed by atoms with van der Waals surface area (Å²) in [5.74, 6) is 0.0585. The Kier molecular flexibility index (Phi) is 7.59. The van der Waals surface area contributed by atoms with Crippen molar-refractivity contribution in [3.05, 3.63) is 48.3 Å². The van der Waals surface area contributed by atoms with Crippen LogP contribution in [0.25, 0.3) is 21.8 Å². The molecule has 0 saturated heterocycles. The first-order valence-electron chi connectivity index (χ1n) is 10.1. The number of hydrogen-bond acceptors (Lipinski definition) is 5. The standard InChI is InChI=1S/C22H27FNO4P/c1-3-5-6-7-13-27-29(25,26-12-4-2)28-20-10-8-17-14-18-15-19(23)9-11-21(18)24-22(17)16-20/h8-11,14-16H,3-7,12-13H2,1-2H3. The minimum absolute atomic E-state index is 0.286. The highest BCUT2D eigenvalue weighted by molar-refractivity contribution is 7.48. The lowest BCUT2D eigenvalue weighted by atomic mass is 10.1. The van der Waals surface area contributed by atoms with Gasteiger partial charge in [0.1, 0.15) is 11.6 Å². The fourth-order valence-electron chi connectivity index (χ4n) is 2.97. The van der Waals surface area contributed by atoms with Gasteiger partial charge in [-0.05, 0) is 49.2 Å². The number of hydrogen-bond donors (Lipinski definition) is 0. The van der Waals surface area contributed by atoms with Gasteiger partial charge in [-0.3, -0.25) is 9.05 Å². The number of phosphoric acid groups is 1. The Hall–Kier alpha value is -2.01. The summed E-state index contributed by atoms with van der Waals surface area (Å²) in [7, 11) is -3.72. The first-order valence-corrected chi connectivity index (χ1v) is 11.6. The number of pyridine rings is 1. The van der Waals surface area contributed by atoms with E-state index in [9.17, 15) is 8.96 Å². The number of phosphoric ester groups is 1. The average Bonchev–Trinajstić information content (AvgIpc) is 2.71. The highest BCUT2D eigenvalue weighted by atomic mass is 31.2. The summed E-state index contributed by atoms with van der Waals surface area (Å²) >= 11 is 0. The second-order valence-electron chi connectivity index (χ2n) is 6.95. The molecule has 2 aromatic carbocycles. The topological polar surface area (TPSA) is 57.7 Å². The molecule has 5 nitrogen and oxygen atoms in total. The van der Waals surface area contributed by atoms with Gasteiger partial charge < -0.3 is 4.52 Å². The molecule has 0 aliphatic rings. The van der Waals surface area contributed by atoms with Crippen molar-refractivity contribution in [3.63, 3.8) is 0 Å². The van der Waals surface area contributed by atoms with Crippen LogP contribution in [0.2, 0.25) is 0 Å². The Balaban J connectivity index is 1.79. The van der Waals surface area contributed by atoms with Crippen LogP contribution in [0.3, 0.4) is 0 Å². The van der Waals surface area contributed by atoms with E-state index in [-0.39, 0.29) is 12.4 Å². The number of benzene rings is 2. The maximum absolute atomic E-state index is 13.5. The number of unbranched alkanes of at least 4 members (excludes halogenated alkanes) is 3. The van der Waals surface area contributed by atoms with Crippen molar-refractivity contribution in [2.75, 3.05) is 13.2 Å². The number of aromatic nitrogens is 1. The second-order valence-corrected chi connectivity index (χ2v) is 8.54. The summed E-state index contributed by atoms with van der Waals surface area (Å²) in [5.41, 5.74) is 1.33. The van der Waals surface area contributed by atoms with E-state index in [1.165, 1.54) is 12.1 Å². The number of halogens is 1. The smallest absolute Gasteiger partial charge is 0.404 e. The summed E-state index contributed by atoms with van der Waals surface area (Å²) in [4.78, 5) is 4.55. The molecule has 1 heterocycles. The quantitative estimate of drug-likeness (QED) is 0.190. The SMILES string of the molecule is CCCCCCOP(=O)(OCCC)Oc1ccc2cc3cc(F)ccc3nc2c1. The van der Waals surface area contributed by atoms with Crippen LogP contribution in [0.15, 0.2) is 42.5 Å². The molecule has 0 radical (unpaired) electrons. The summed E-state index contributed by atoms with van der Waals surface area (Å²) in [6.07, 6.45) is 4.75.